The molecule has 3 rings (SSSR count). The molecule has 4 unspecified atom stereocenters. The minimum atomic E-state index is 0.515. The van der Waals surface area contributed by atoms with Crippen molar-refractivity contribution >= 4 is 0 Å². The highest BCUT2D eigenvalue weighted by Gasteiger charge is 2.39. The number of hydrogen-bond donors (Lipinski definition) is 0. The van der Waals surface area contributed by atoms with E-state index in [9.17, 15) is 0 Å². The molecule has 5 atom stereocenters. The van der Waals surface area contributed by atoms with E-state index in [2.05, 4.69) is 59.6 Å². The Morgan fingerprint density at radius 1 is 0.871 bits per heavy atom. The summed E-state index contributed by atoms with van der Waals surface area (Å²) in [5.41, 5.74) is 4.06. The number of unbranched alkanes of at least 4 members (excludes halogenated alkanes) is 1. The SMILES string of the molecule is C#C.CC.CC1CC/C(=C/C=C2\CCCC3C(CCCCC(C)(C)C)CCC23)C[C@H]1C. The van der Waals surface area contributed by atoms with Crippen molar-refractivity contribution in [3.8, 4) is 12.8 Å². The lowest BCUT2D eigenvalue weighted by molar-refractivity contribution is 0.257. The Kier molecular flexibility index (Phi) is 12.9. The van der Waals surface area contributed by atoms with Gasteiger partial charge in [-0.05, 0) is 92.8 Å². The minimum absolute atomic E-state index is 0.515. The molecule has 0 bridgehead atoms. The number of allylic oxidation sites excluding steroid dienone is 4. The molecule has 0 aliphatic heterocycles. The number of fused-ring (bicyclic) bond motifs is 1. The highest BCUT2D eigenvalue weighted by molar-refractivity contribution is 5.23. The molecule has 0 aromatic rings. The topological polar surface area (TPSA) is 0 Å². The van der Waals surface area contributed by atoms with Crippen molar-refractivity contribution < 1.29 is 0 Å². The van der Waals surface area contributed by atoms with E-state index in [1.807, 2.05) is 19.4 Å². The summed E-state index contributed by atoms with van der Waals surface area (Å²) in [4.78, 5) is 0. The number of rotatable bonds is 5. The Morgan fingerprint density at radius 2 is 1.58 bits per heavy atom. The third kappa shape index (κ3) is 9.20. The predicted molar refractivity (Wildman–Crippen MR) is 141 cm³/mol. The standard InChI is InChI=1S/C27H46.C2H6.C2H2/c1-20-12-13-22(19-21(20)2)14-15-24-10-8-11-25-23(16-17-26(24)25)9-6-7-18-27(3,4)5;2*1-2/h14-15,20-21,23,25-26H,6-13,16-19H2,1-5H3;1-2H3;1-2H/b22-14-,24-15+;;/t20?,21-,23?,25?,26?;;/m1../s1. The van der Waals surface area contributed by atoms with Gasteiger partial charge in [0.1, 0.15) is 0 Å². The molecule has 0 N–H and O–H groups in total. The summed E-state index contributed by atoms with van der Waals surface area (Å²) < 4.78 is 0. The normalized spacial score (nSPS) is 33.1. The Labute approximate surface area is 196 Å². The first-order chi connectivity index (χ1) is 14.8. The molecule has 0 heteroatoms. The Hall–Kier alpha value is -0.960. The van der Waals surface area contributed by atoms with Crippen LogP contribution in [-0.2, 0) is 0 Å². The molecule has 3 fully saturated rings. The molecular formula is C31H54. The molecule has 3 aliphatic carbocycles. The average Bonchev–Trinajstić information content (AvgIpc) is 3.18. The Bertz CT molecular complexity index is 567. The smallest absolute Gasteiger partial charge is 0.0169 e. The van der Waals surface area contributed by atoms with Crippen LogP contribution in [0.4, 0.5) is 0 Å². The van der Waals surface area contributed by atoms with Crippen LogP contribution in [0.2, 0.25) is 0 Å². The molecule has 31 heavy (non-hydrogen) atoms. The van der Waals surface area contributed by atoms with E-state index in [1.54, 1.807) is 5.57 Å². The molecule has 0 heterocycles. The van der Waals surface area contributed by atoms with Gasteiger partial charge in [0.15, 0.2) is 0 Å². The maximum Gasteiger partial charge on any atom is -0.0169 e. The van der Waals surface area contributed by atoms with Crippen LogP contribution < -0.4 is 0 Å². The van der Waals surface area contributed by atoms with Crippen molar-refractivity contribution in [1.82, 2.24) is 0 Å². The lowest BCUT2D eigenvalue weighted by Crippen LogP contribution is -2.21. The van der Waals surface area contributed by atoms with Gasteiger partial charge < -0.3 is 0 Å². The highest BCUT2D eigenvalue weighted by Crippen LogP contribution is 2.50. The van der Waals surface area contributed by atoms with Gasteiger partial charge >= 0.3 is 0 Å². The predicted octanol–water partition coefficient (Wildman–Crippen LogP) is 10.0. The molecule has 178 valence electrons. The molecule has 0 nitrogen and oxygen atoms in total. The second-order valence-corrected chi connectivity index (χ2v) is 11.6. The zero-order valence-electron chi connectivity index (χ0n) is 22.2. The Balaban J connectivity index is 0.00000113. The van der Waals surface area contributed by atoms with Gasteiger partial charge in [-0.3, -0.25) is 0 Å². The second kappa shape index (κ2) is 14.2. The molecule has 3 saturated carbocycles. The van der Waals surface area contributed by atoms with Crippen molar-refractivity contribution in [3.05, 3.63) is 23.3 Å². The third-order valence-electron chi connectivity index (χ3n) is 8.21. The molecule has 0 amide bonds. The van der Waals surface area contributed by atoms with Gasteiger partial charge in [0, 0.05) is 0 Å². The van der Waals surface area contributed by atoms with E-state index < -0.39 is 0 Å². The fourth-order valence-electron chi connectivity index (χ4n) is 6.19. The van der Waals surface area contributed by atoms with Gasteiger partial charge in [-0.25, -0.2) is 0 Å². The summed E-state index contributed by atoms with van der Waals surface area (Å²) in [6, 6.07) is 0. The molecule has 0 radical (unpaired) electrons. The summed E-state index contributed by atoms with van der Waals surface area (Å²) in [5.74, 6) is 4.78. The molecule has 0 saturated heterocycles. The Morgan fingerprint density at radius 3 is 2.23 bits per heavy atom. The lowest BCUT2D eigenvalue weighted by atomic mass is 9.73. The first-order valence-electron chi connectivity index (χ1n) is 13.6. The maximum absolute atomic E-state index is 4.00. The van der Waals surface area contributed by atoms with E-state index in [1.165, 1.54) is 77.0 Å². The lowest BCUT2D eigenvalue weighted by Gasteiger charge is -2.32. The van der Waals surface area contributed by atoms with Crippen molar-refractivity contribution in [2.75, 3.05) is 0 Å². The van der Waals surface area contributed by atoms with Crippen LogP contribution in [0.3, 0.4) is 0 Å². The molecule has 3 aliphatic rings. The highest BCUT2D eigenvalue weighted by atomic mass is 14.4. The summed E-state index contributed by atoms with van der Waals surface area (Å²) >= 11 is 0. The quantitative estimate of drug-likeness (QED) is 0.303. The first kappa shape index (κ1) is 28.1. The van der Waals surface area contributed by atoms with E-state index in [4.69, 9.17) is 0 Å². The fourth-order valence-corrected chi connectivity index (χ4v) is 6.19. The van der Waals surface area contributed by atoms with Crippen LogP contribution in [0.5, 0.6) is 0 Å². The first-order valence-corrected chi connectivity index (χ1v) is 13.6. The fraction of sp³-hybridized carbons (Fsp3) is 0.806. The number of hydrogen-bond acceptors (Lipinski definition) is 0. The summed E-state index contributed by atoms with van der Waals surface area (Å²) in [6.45, 7) is 16.0. The van der Waals surface area contributed by atoms with E-state index in [0.29, 0.717) is 5.41 Å². The van der Waals surface area contributed by atoms with E-state index >= 15 is 0 Å². The monoisotopic (exact) mass is 426 g/mol. The van der Waals surface area contributed by atoms with Gasteiger partial charge in [0.05, 0.1) is 0 Å². The molecular weight excluding hydrogens is 372 g/mol. The molecule has 0 aromatic carbocycles. The van der Waals surface area contributed by atoms with Crippen LogP contribution in [-0.4, -0.2) is 0 Å². The van der Waals surface area contributed by atoms with Crippen LogP contribution in [0.15, 0.2) is 23.3 Å². The average molecular weight is 427 g/mol. The third-order valence-corrected chi connectivity index (χ3v) is 8.21. The van der Waals surface area contributed by atoms with Crippen molar-refractivity contribution in [2.24, 2.45) is 35.0 Å². The molecule has 0 spiro atoms. The van der Waals surface area contributed by atoms with Gasteiger partial charge in [-0.1, -0.05) is 91.0 Å². The van der Waals surface area contributed by atoms with Crippen LogP contribution in [0.25, 0.3) is 0 Å². The van der Waals surface area contributed by atoms with Gasteiger partial charge in [0.25, 0.3) is 0 Å². The van der Waals surface area contributed by atoms with Crippen LogP contribution in [0, 0.1) is 47.9 Å². The molecule has 0 aromatic heterocycles. The summed E-state index contributed by atoms with van der Waals surface area (Å²) in [5, 5.41) is 0. The number of terminal acetylenes is 1. The summed E-state index contributed by atoms with van der Waals surface area (Å²) in [6.07, 6.45) is 30.4. The van der Waals surface area contributed by atoms with Gasteiger partial charge in [-0.15, -0.1) is 12.8 Å². The second-order valence-electron chi connectivity index (χ2n) is 11.6. The van der Waals surface area contributed by atoms with Crippen molar-refractivity contribution in [2.45, 2.75) is 126 Å². The van der Waals surface area contributed by atoms with Gasteiger partial charge in [0.2, 0.25) is 0 Å². The van der Waals surface area contributed by atoms with E-state index in [0.717, 1.165) is 29.6 Å². The van der Waals surface area contributed by atoms with Gasteiger partial charge in [-0.2, -0.15) is 0 Å². The largest absolute Gasteiger partial charge is 0.124 e. The minimum Gasteiger partial charge on any atom is -0.124 e. The zero-order valence-corrected chi connectivity index (χ0v) is 22.2. The van der Waals surface area contributed by atoms with Crippen molar-refractivity contribution in [3.63, 3.8) is 0 Å². The zero-order chi connectivity index (χ0) is 23.4. The van der Waals surface area contributed by atoms with Crippen molar-refractivity contribution in [1.29, 1.82) is 0 Å². The summed E-state index contributed by atoms with van der Waals surface area (Å²) in [7, 11) is 0. The van der Waals surface area contributed by atoms with Crippen LogP contribution in [0.1, 0.15) is 126 Å². The van der Waals surface area contributed by atoms with E-state index in [-0.39, 0.29) is 0 Å². The van der Waals surface area contributed by atoms with Crippen LogP contribution >= 0.6 is 0 Å². The maximum atomic E-state index is 4.00.